The first-order valence-corrected chi connectivity index (χ1v) is 5.97. The van der Waals surface area contributed by atoms with E-state index >= 15 is 0 Å². The Labute approximate surface area is 112 Å². The second-order valence-electron chi connectivity index (χ2n) is 4.33. The lowest BCUT2D eigenvalue weighted by atomic mass is 10.1. The zero-order chi connectivity index (χ0) is 13.6. The maximum Gasteiger partial charge on any atom is 0.271 e. The van der Waals surface area contributed by atoms with Crippen LogP contribution in [0.2, 0.25) is 5.28 Å². The molecule has 2 aromatic rings. The summed E-state index contributed by atoms with van der Waals surface area (Å²) in [7, 11) is 0. The molecule has 2 heterocycles. The molecule has 7 nitrogen and oxygen atoms in total. The van der Waals surface area contributed by atoms with Crippen molar-refractivity contribution in [2.75, 3.05) is 18.0 Å². The van der Waals surface area contributed by atoms with E-state index in [1.807, 2.05) is 4.90 Å². The molecule has 0 atom stereocenters. The number of fused-ring (bicyclic) bond motifs is 1. The molecule has 1 aliphatic heterocycles. The van der Waals surface area contributed by atoms with Gasteiger partial charge >= 0.3 is 0 Å². The van der Waals surface area contributed by atoms with Crippen LogP contribution in [0.25, 0.3) is 10.9 Å². The molecule has 1 N–H and O–H groups in total. The minimum atomic E-state index is -0.484. The normalized spacial score (nSPS) is 15.6. The number of aromatic nitrogens is 2. The number of non-ortho nitro benzene ring substituents is 1. The molecule has 3 rings (SSSR count). The van der Waals surface area contributed by atoms with Gasteiger partial charge in [0.05, 0.1) is 16.5 Å². The first-order valence-electron chi connectivity index (χ1n) is 5.59. The van der Waals surface area contributed by atoms with Crippen LogP contribution in [-0.2, 0) is 0 Å². The summed E-state index contributed by atoms with van der Waals surface area (Å²) >= 11 is 5.84. The molecule has 19 heavy (non-hydrogen) atoms. The summed E-state index contributed by atoms with van der Waals surface area (Å²) in [5.74, 6) is 0.593. The van der Waals surface area contributed by atoms with Crippen molar-refractivity contribution in [3.8, 4) is 0 Å². The predicted molar refractivity (Wildman–Crippen MR) is 69.4 cm³/mol. The highest BCUT2D eigenvalue weighted by molar-refractivity contribution is 6.28. The minimum absolute atomic E-state index is 0.0318. The number of aliphatic hydroxyl groups excluding tert-OH is 1. The van der Waals surface area contributed by atoms with E-state index in [0.29, 0.717) is 29.8 Å². The molecule has 1 aromatic carbocycles. The molecule has 0 bridgehead atoms. The molecule has 0 aliphatic carbocycles. The van der Waals surface area contributed by atoms with E-state index in [1.165, 1.54) is 12.1 Å². The monoisotopic (exact) mass is 280 g/mol. The number of hydrogen-bond donors (Lipinski definition) is 1. The standard InChI is InChI=1S/C11H9ClN4O3/c12-11-13-9-3-6(16(18)19)1-2-8(9)10(14-11)15-4-7(17)5-15/h1-3,7,17H,4-5H2. The van der Waals surface area contributed by atoms with Crippen LogP contribution in [0.4, 0.5) is 11.5 Å². The van der Waals surface area contributed by atoms with Crippen LogP contribution < -0.4 is 4.90 Å². The molecule has 1 fully saturated rings. The molecule has 1 aliphatic rings. The van der Waals surface area contributed by atoms with Gasteiger partial charge in [-0.05, 0) is 17.7 Å². The van der Waals surface area contributed by atoms with Crippen molar-refractivity contribution in [3.05, 3.63) is 33.6 Å². The van der Waals surface area contributed by atoms with Gasteiger partial charge in [-0.1, -0.05) is 0 Å². The van der Waals surface area contributed by atoms with Crippen molar-refractivity contribution < 1.29 is 10.0 Å². The topological polar surface area (TPSA) is 92.4 Å². The number of benzene rings is 1. The van der Waals surface area contributed by atoms with Gasteiger partial charge in [-0.15, -0.1) is 0 Å². The van der Waals surface area contributed by atoms with Crippen LogP contribution in [0, 0.1) is 10.1 Å². The summed E-state index contributed by atoms with van der Waals surface area (Å²) < 4.78 is 0. The molecule has 0 saturated carbocycles. The Bertz CT molecular complexity index is 672. The highest BCUT2D eigenvalue weighted by Gasteiger charge is 2.27. The van der Waals surface area contributed by atoms with Crippen molar-refractivity contribution in [1.82, 2.24) is 9.97 Å². The number of nitro groups is 1. The van der Waals surface area contributed by atoms with E-state index < -0.39 is 4.92 Å². The Kier molecular flexibility index (Phi) is 2.72. The second-order valence-corrected chi connectivity index (χ2v) is 4.67. The van der Waals surface area contributed by atoms with E-state index in [2.05, 4.69) is 9.97 Å². The molecule has 0 radical (unpaired) electrons. The summed E-state index contributed by atoms with van der Waals surface area (Å²) in [6.45, 7) is 0.943. The minimum Gasteiger partial charge on any atom is -0.389 e. The predicted octanol–water partition coefficient (Wildman–Crippen LogP) is 1.37. The van der Waals surface area contributed by atoms with E-state index in [-0.39, 0.29) is 17.1 Å². The maximum atomic E-state index is 10.7. The summed E-state index contributed by atoms with van der Waals surface area (Å²) in [5.41, 5.74) is 0.377. The molecular formula is C11H9ClN4O3. The number of anilines is 1. The largest absolute Gasteiger partial charge is 0.389 e. The number of nitrogens with zero attached hydrogens (tertiary/aromatic N) is 4. The van der Waals surface area contributed by atoms with Gasteiger partial charge in [-0.25, -0.2) is 4.98 Å². The lowest BCUT2D eigenvalue weighted by molar-refractivity contribution is -0.384. The molecule has 0 spiro atoms. The first-order chi connectivity index (χ1) is 9.04. The summed E-state index contributed by atoms with van der Waals surface area (Å²) in [6.07, 6.45) is -0.373. The van der Waals surface area contributed by atoms with Crippen LogP contribution in [0.5, 0.6) is 0 Å². The van der Waals surface area contributed by atoms with E-state index in [0.717, 1.165) is 0 Å². The molecule has 98 valence electrons. The van der Waals surface area contributed by atoms with Gasteiger partial charge in [0.1, 0.15) is 5.82 Å². The Morgan fingerprint density at radius 2 is 2.16 bits per heavy atom. The Morgan fingerprint density at radius 3 is 2.79 bits per heavy atom. The highest BCUT2D eigenvalue weighted by Crippen LogP contribution is 2.30. The number of rotatable bonds is 2. The summed E-state index contributed by atoms with van der Waals surface area (Å²) in [6, 6.07) is 4.37. The van der Waals surface area contributed by atoms with Crippen LogP contribution in [0.3, 0.4) is 0 Å². The molecular weight excluding hydrogens is 272 g/mol. The van der Waals surface area contributed by atoms with Gasteiger partial charge in [0, 0.05) is 30.6 Å². The van der Waals surface area contributed by atoms with E-state index in [4.69, 9.17) is 11.6 Å². The fraction of sp³-hybridized carbons (Fsp3) is 0.273. The Hall–Kier alpha value is -1.99. The highest BCUT2D eigenvalue weighted by atomic mass is 35.5. The van der Waals surface area contributed by atoms with Crippen molar-refractivity contribution in [2.45, 2.75) is 6.10 Å². The van der Waals surface area contributed by atoms with Crippen LogP contribution >= 0.6 is 11.6 Å². The second kappa shape index (κ2) is 4.29. The molecule has 8 heteroatoms. The van der Waals surface area contributed by atoms with Crippen molar-refractivity contribution in [3.63, 3.8) is 0 Å². The summed E-state index contributed by atoms with van der Waals surface area (Å²) in [5, 5.41) is 20.8. The molecule has 1 aromatic heterocycles. The Balaban J connectivity index is 2.14. The van der Waals surface area contributed by atoms with Gasteiger partial charge in [-0.3, -0.25) is 10.1 Å². The van der Waals surface area contributed by atoms with Crippen molar-refractivity contribution in [2.24, 2.45) is 0 Å². The van der Waals surface area contributed by atoms with Crippen LogP contribution in [0.1, 0.15) is 0 Å². The fourth-order valence-electron chi connectivity index (χ4n) is 2.06. The average molecular weight is 281 g/mol. The SMILES string of the molecule is O=[N+]([O-])c1ccc2c(N3CC(O)C3)nc(Cl)nc2c1. The lowest BCUT2D eigenvalue weighted by Crippen LogP contribution is -2.51. The van der Waals surface area contributed by atoms with Gasteiger partial charge in [0.25, 0.3) is 5.69 Å². The van der Waals surface area contributed by atoms with Crippen LogP contribution in [0.15, 0.2) is 18.2 Å². The quantitative estimate of drug-likeness (QED) is 0.507. The third-order valence-corrected chi connectivity index (χ3v) is 3.17. The average Bonchev–Trinajstić information content (AvgIpc) is 2.33. The number of β-amino-alcohol motifs (C(OH)–C–C–N with tert-alkyl or cyclic N) is 1. The lowest BCUT2D eigenvalue weighted by Gasteiger charge is -2.37. The third-order valence-electron chi connectivity index (χ3n) is 3.01. The number of hydrogen-bond acceptors (Lipinski definition) is 6. The van der Waals surface area contributed by atoms with Gasteiger partial charge in [-0.2, -0.15) is 4.98 Å². The number of halogens is 1. The van der Waals surface area contributed by atoms with Crippen molar-refractivity contribution >= 4 is 34.0 Å². The van der Waals surface area contributed by atoms with E-state index in [1.54, 1.807) is 6.07 Å². The number of aliphatic hydroxyl groups is 1. The van der Waals surface area contributed by atoms with Gasteiger partial charge in [0.2, 0.25) is 5.28 Å². The molecule has 0 amide bonds. The summed E-state index contributed by atoms with van der Waals surface area (Å²) in [4.78, 5) is 20.2. The molecule has 1 saturated heterocycles. The van der Waals surface area contributed by atoms with E-state index in [9.17, 15) is 15.2 Å². The Morgan fingerprint density at radius 1 is 1.42 bits per heavy atom. The molecule has 0 unspecified atom stereocenters. The third kappa shape index (κ3) is 2.06. The fourth-order valence-corrected chi connectivity index (χ4v) is 2.23. The van der Waals surface area contributed by atoms with Gasteiger partial charge in [0.15, 0.2) is 0 Å². The van der Waals surface area contributed by atoms with Crippen LogP contribution in [-0.4, -0.2) is 39.2 Å². The zero-order valence-corrected chi connectivity index (χ0v) is 10.4. The van der Waals surface area contributed by atoms with Gasteiger partial charge < -0.3 is 10.0 Å². The number of nitro benzene ring substituents is 1. The zero-order valence-electron chi connectivity index (χ0n) is 9.65. The smallest absolute Gasteiger partial charge is 0.271 e. The van der Waals surface area contributed by atoms with Crippen molar-refractivity contribution in [1.29, 1.82) is 0 Å². The first kappa shape index (κ1) is 12.1. The maximum absolute atomic E-state index is 10.7.